The Morgan fingerprint density at radius 2 is 1.87 bits per heavy atom. The van der Waals surface area contributed by atoms with E-state index in [0.29, 0.717) is 19.4 Å². The highest BCUT2D eigenvalue weighted by molar-refractivity contribution is 5.96. The van der Waals surface area contributed by atoms with Crippen LogP contribution in [0.25, 0.3) is 0 Å². The molecular formula is C24H39N3O4. The summed E-state index contributed by atoms with van der Waals surface area (Å²) in [5.41, 5.74) is 0. The van der Waals surface area contributed by atoms with Crippen molar-refractivity contribution in [2.24, 2.45) is 23.7 Å². The maximum atomic E-state index is 13.6. The Hall–Kier alpha value is -1.89. The number of amides is 3. The van der Waals surface area contributed by atoms with Gasteiger partial charge >= 0.3 is 0 Å². The van der Waals surface area contributed by atoms with E-state index in [1.165, 1.54) is 6.42 Å². The number of allylic oxidation sites excluding steroid dienone is 1. The van der Waals surface area contributed by atoms with Crippen LogP contribution in [0, 0.1) is 23.7 Å². The molecule has 0 unspecified atom stereocenters. The van der Waals surface area contributed by atoms with Gasteiger partial charge in [0.05, 0.1) is 11.8 Å². The second kappa shape index (κ2) is 11.1. The number of nitrogens with zero attached hydrogens (tertiary/aromatic N) is 1. The van der Waals surface area contributed by atoms with Crippen molar-refractivity contribution in [1.29, 1.82) is 0 Å². The molecule has 1 aliphatic heterocycles. The van der Waals surface area contributed by atoms with E-state index in [0.717, 1.165) is 38.5 Å². The Morgan fingerprint density at radius 1 is 1.13 bits per heavy atom. The highest BCUT2D eigenvalue weighted by Gasteiger charge is 2.56. The largest absolute Gasteiger partial charge is 0.396 e. The summed E-state index contributed by atoms with van der Waals surface area (Å²) in [5, 5.41) is 15.2. The fraction of sp³-hybridized carbons (Fsp3) is 0.792. The molecule has 0 aromatic heterocycles. The quantitative estimate of drug-likeness (QED) is 0.383. The average Bonchev–Trinajstić information content (AvgIpc) is 3.06. The van der Waals surface area contributed by atoms with Crippen LogP contribution in [0.5, 0.6) is 0 Å². The number of aliphatic hydroxyl groups is 1. The summed E-state index contributed by atoms with van der Waals surface area (Å²) in [6.07, 6.45) is 12.5. The zero-order valence-corrected chi connectivity index (χ0v) is 19.0. The molecule has 1 heterocycles. The van der Waals surface area contributed by atoms with E-state index in [4.69, 9.17) is 0 Å². The van der Waals surface area contributed by atoms with E-state index >= 15 is 0 Å². The van der Waals surface area contributed by atoms with Gasteiger partial charge in [-0.05, 0) is 38.0 Å². The van der Waals surface area contributed by atoms with Gasteiger partial charge in [-0.15, -0.1) is 0 Å². The number of hydrogen-bond acceptors (Lipinski definition) is 4. The number of likely N-dealkylation sites (tertiary alicyclic amines) is 1. The van der Waals surface area contributed by atoms with Crippen LogP contribution >= 0.6 is 0 Å². The maximum Gasteiger partial charge on any atom is 0.243 e. The number of aliphatic hydroxyl groups excluding tert-OH is 1. The summed E-state index contributed by atoms with van der Waals surface area (Å²) in [6, 6.07) is -0.408. The highest BCUT2D eigenvalue weighted by Crippen LogP contribution is 2.45. The van der Waals surface area contributed by atoms with Gasteiger partial charge in [-0.2, -0.15) is 0 Å². The van der Waals surface area contributed by atoms with Gasteiger partial charge in [-0.3, -0.25) is 14.4 Å². The number of nitrogens with one attached hydrogen (secondary N) is 2. The number of fused-ring (bicyclic) bond motifs is 1. The standard InChI is InChI=1S/C24H39N3O4/c1-3-9-16-12-13-18-20(19(16)22(29)25-2)24(31)27(14-7-8-15-28)21(18)23(30)26-17-10-5-4-6-11-17/h12-13,16-21,28H,3-11,14-15H2,1-2H3,(H,25,29)(H,26,30)/t16-,18+,19-,20+,21+/m1/s1. The molecule has 0 bridgehead atoms. The lowest BCUT2D eigenvalue weighted by Gasteiger charge is -2.34. The van der Waals surface area contributed by atoms with Crippen molar-refractivity contribution in [3.8, 4) is 0 Å². The van der Waals surface area contributed by atoms with Crippen molar-refractivity contribution in [2.75, 3.05) is 20.2 Å². The molecule has 2 fully saturated rings. The molecule has 0 spiro atoms. The van der Waals surface area contributed by atoms with Crippen LogP contribution in [0.3, 0.4) is 0 Å². The molecule has 0 radical (unpaired) electrons. The summed E-state index contributed by atoms with van der Waals surface area (Å²) >= 11 is 0. The first-order valence-electron chi connectivity index (χ1n) is 12.1. The van der Waals surface area contributed by atoms with Gasteiger partial charge in [0.1, 0.15) is 6.04 Å². The molecule has 174 valence electrons. The van der Waals surface area contributed by atoms with Crippen LogP contribution in [0.1, 0.15) is 64.7 Å². The van der Waals surface area contributed by atoms with Crippen LogP contribution in [0.2, 0.25) is 0 Å². The molecule has 3 aliphatic rings. The Morgan fingerprint density at radius 3 is 2.52 bits per heavy atom. The zero-order chi connectivity index (χ0) is 22.4. The zero-order valence-electron chi connectivity index (χ0n) is 19.0. The van der Waals surface area contributed by atoms with Gasteiger partial charge in [0.15, 0.2) is 0 Å². The van der Waals surface area contributed by atoms with E-state index < -0.39 is 17.9 Å². The van der Waals surface area contributed by atoms with Crippen LogP contribution in [-0.4, -0.2) is 60.0 Å². The van der Waals surface area contributed by atoms with Gasteiger partial charge in [0.2, 0.25) is 17.7 Å². The third-order valence-electron chi connectivity index (χ3n) is 7.31. The molecule has 3 amide bonds. The smallest absolute Gasteiger partial charge is 0.243 e. The van der Waals surface area contributed by atoms with Crippen LogP contribution < -0.4 is 10.6 Å². The molecule has 1 saturated heterocycles. The van der Waals surface area contributed by atoms with Crippen molar-refractivity contribution >= 4 is 17.7 Å². The third kappa shape index (κ3) is 5.13. The van der Waals surface area contributed by atoms with Gasteiger partial charge in [0, 0.05) is 32.2 Å². The van der Waals surface area contributed by atoms with Crippen LogP contribution in [-0.2, 0) is 14.4 Å². The average molecular weight is 434 g/mol. The van der Waals surface area contributed by atoms with E-state index in [1.54, 1.807) is 11.9 Å². The number of unbranched alkanes of at least 4 members (excludes halogenated alkanes) is 1. The lowest BCUT2D eigenvalue weighted by atomic mass is 9.68. The van der Waals surface area contributed by atoms with E-state index in [2.05, 4.69) is 23.6 Å². The second-order valence-electron chi connectivity index (χ2n) is 9.33. The van der Waals surface area contributed by atoms with E-state index in [1.807, 2.05) is 6.08 Å². The van der Waals surface area contributed by atoms with Crippen molar-refractivity contribution in [3.63, 3.8) is 0 Å². The monoisotopic (exact) mass is 433 g/mol. The molecule has 3 rings (SSSR count). The minimum Gasteiger partial charge on any atom is -0.396 e. The fourth-order valence-electron chi connectivity index (χ4n) is 5.80. The van der Waals surface area contributed by atoms with E-state index in [9.17, 15) is 19.5 Å². The molecule has 2 aliphatic carbocycles. The number of carbonyl (C=O) groups is 3. The molecular weight excluding hydrogens is 394 g/mol. The van der Waals surface area contributed by atoms with Gasteiger partial charge < -0.3 is 20.6 Å². The van der Waals surface area contributed by atoms with Crippen molar-refractivity contribution in [1.82, 2.24) is 15.5 Å². The molecule has 0 aromatic carbocycles. The first kappa shape index (κ1) is 23.8. The van der Waals surface area contributed by atoms with Gasteiger partial charge in [0.25, 0.3) is 0 Å². The van der Waals surface area contributed by atoms with Crippen LogP contribution in [0.4, 0.5) is 0 Å². The molecule has 31 heavy (non-hydrogen) atoms. The SMILES string of the molecule is CCC[C@@H]1C=C[C@H]2[C@H](C(=O)N(CCCCO)[C@@H]2C(=O)NC2CCCCC2)[C@@H]1C(=O)NC. The molecule has 7 heteroatoms. The van der Waals surface area contributed by atoms with Crippen LogP contribution in [0.15, 0.2) is 12.2 Å². The van der Waals surface area contributed by atoms with E-state index in [-0.39, 0.29) is 42.2 Å². The van der Waals surface area contributed by atoms with Gasteiger partial charge in [-0.25, -0.2) is 0 Å². The Bertz CT molecular complexity index is 674. The second-order valence-corrected chi connectivity index (χ2v) is 9.33. The summed E-state index contributed by atoms with van der Waals surface area (Å²) in [5.74, 6) is -1.53. The fourth-order valence-corrected chi connectivity index (χ4v) is 5.80. The first-order valence-corrected chi connectivity index (χ1v) is 12.1. The topological polar surface area (TPSA) is 98.7 Å². The van der Waals surface area contributed by atoms with Crippen molar-refractivity contribution in [2.45, 2.75) is 76.8 Å². The molecule has 0 aromatic rings. The summed E-state index contributed by atoms with van der Waals surface area (Å²) in [7, 11) is 1.62. The minimum absolute atomic E-state index is 0.00889. The lowest BCUT2D eigenvalue weighted by Crippen LogP contribution is -2.50. The third-order valence-corrected chi connectivity index (χ3v) is 7.31. The minimum atomic E-state index is -0.580. The Balaban J connectivity index is 1.88. The predicted octanol–water partition coefficient (Wildman–Crippen LogP) is 2.00. The number of carbonyl (C=O) groups excluding carboxylic acids is 3. The number of rotatable bonds is 9. The highest BCUT2D eigenvalue weighted by atomic mass is 16.3. The molecule has 3 N–H and O–H groups in total. The van der Waals surface area contributed by atoms with Crippen molar-refractivity contribution in [3.05, 3.63) is 12.2 Å². The molecule has 5 atom stereocenters. The lowest BCUT2D eigenvalue weighted by molar-refractivity contribution is -0.141. The van der Waals surface area contributed by atoms with Crippen molar-refractivity contribution < 1.29 is 19.5 Å². The Kier molecular flexibility index (Phi) is 8.52. The molecule has 7 nitrogen and oxygen atoms in total. The summed E-state index contributed by atoms with van der Waals surface area (Å²) < 4.78 is 0. The first-order chi connectivity index (χ1) is 15.0. The summed E-state index contributed by atoms with van der Waals surface area (Å²) in [4.78, 5) is 41.6. The predicted molar refractivity (Wildman–Crippen MR) is 119 cm³/mol. The normalized spacial score (nSPS) is 30.9. The molecule has 1 saturated carbocycles. The Labute approximate surface area is 186 Å². The summed E-state index contributed by atoms with van der Waals surface area (Å²) in [6.45, 7) is 2.58. The van der Waals surface area contributed by atoms with Gasteiger partial charge in [-0.1, -0.05) is 44.8 Å². The maximum absolute atomic E-state index is 13.6. The number of hydrogen-bond donors (Lipinski definition) is 3.